The van der Waals surface area contributed by atoms with Crippen molar-refractivity contribution in [2.24, 2.45) is 11.8 Å². The van der Waals surface area contributed by atoms with Gasteiger partial charge in [0.15, 0.2) is 0 Å². The Kier molecular flexibility index (Phi) is 6.06. The van der Waals surface area contributed by atoms with Crippen molar-refractivity contribution < 1.29 is 14.4 Å². The average Bonchev–Trinajstić information content (AvgIpc) is 2.68. The minimum atomic E-state index is -0.353. The zero-order valence-corrected chi connectivity index (χ0v) is 16.7. The molecule has 8 heteroatoms. The second-order valence-corrected chi connectivity index (χ2v) is 8.35. The molecule has 146 valence electrons. The van der Waals surface area contributed by atoms with Crippen LogP contribution >= 0.6 is 11.8 Å². The van der Waals surface area contributed by atoms with E-state index < -0.39 is 0 Å². The minimum Gasteiger partial charge on any atom is -0.351 e. The van der Waals surface area contributed by atoms with Crippen molar-refractivity contribution in [3.63, 3.8) is 0 Å². The molecule has 27 heavy (non-hydrogen) atoms. The molecule has 0 saturated carbocycles. The lowest BCUT2D eigenvalue weighted by atomic mass is 9.85. The Hall–Kier alpha value is -2.06. The van der Waals surface area contributed by atoms with E-state index in [2.05, 4.69) is 17.6 Å². The number of carbonyl (C=O) groups is 3. The smallest absolute Gasteiger partial charge is 0.327 e. The summed E-state index contributed by atoms with van der Waals surface area (Å²) >= 11 is 1.51. The predicted molar refractivity (Wildman–Crippen MR) is 105 cm³/mol. The first-order valence-electron chi connectivity index (χ1n) is 9.10. The van der Waals surface area contributed by atoms with Crippen LogP contribution in [0, 0.1) is 11.8 Å². The zero-order chi connectivity index (χ0) is 19.6. The molecule has 1 aromatic rings. The monoisotopic (exact) mass is 390 g/mol. The predicted octanol–water partition coefficient (Wildman–Crippen LogP) is 1.11. The van der Waals surface area contributed by atoms with Crippen LogP contribution in [0.15, 0.2) is 30.3 Å². The quantitative estimate of drug-likeness (QED) is 0.787. The minimum absolute atomic E-state index is 0.0239. The van der Waals surface area contributed by atoms with E-state index in [0.717, 1.165) is 5.56 Å². The number of amides is 4. The summed E-state index contributed by atoms with van der Waals surface area (Å²) in [5, 5.41) is 6.21. The molecule has 2 aliphatic rings. The third-order valence-electron chi connectivity index (χ3n) is 5.26. The maximum atomic E-state index is 12.8. The highest BCUT2D eigenvalue weighted by Crippen LogP contribution is 2.36. The summed E-state index contributed by atoms with van der Waals surface area (Å²) in [5.41, 5.74) is 1.05. The third-order valence-corrected chi connectivity index (χ3v) is 6.84. The van der Waals surface area contributed by atoms with Gasteiger partial charge in [0.2, 0.25) is 11.8 Å². The van der Waals surface area contributed by atoms with Crippen LogP contribution in [-0.2, 0) is 16.1 Å². The normalized spacial score (nSPS) is 28.1. The molecule has 0 spiro atoms. The lowest BCUT2D eigenvalue weighted by Gasteiger charge is -2.49. The number of nitrogens with one attached hydrogen (secondary N) is 2. The van der Waals surface area contributed by atoms with Gasteiger partial charge in [-0.1, -0.05) is 37.3 Å². The second kappa shape index (κ2) is 8.31. The summed E-state index contributed by atoms with van der Waals surface area (Å²) in [5.74, 6) is -0.0679. The number of piperidine rings is 1. The van der Waals surface area contributed by atoms with E-state index in [-0.39, 0.29) is 41.1 Å². The Morgan fingerprint density at radius 1 is 1.26 bits per heavy atom. The van der Waals surface area contributed by atoms with Crippen molar-refractivity contribution in [3.8, 4) is 0 Å². The molecule has 0 aromatic heterocycles. The molecule has 0 radical (unpaired) electrons. The Labute approximate surface area is 163 Å². The fourth-order valence-electron chi connectivity index (χ4n) is 3.70. The van der Waals surface area contributed by atoms with Crippen LogP contribution in [0.4, 0.5) is 4.79 Å². The lowest BCUT2D eigenvalue weighted by molar-refractivity contribution is -0.139. The largest absolute Gasteiger partial charge is 0.351 e. The molecular formula is C19H26N4O3S. The van der Waals surface area contributed by atoms with Gasteiger partial charge in [-0.15, -0.1) is 11.8 Å². The van der Waals surface area contributed by atoms with Crippen molar-refractivity contribution in [3.05, 3.63) is 35.9 Å². The molecule has 4 atom stereocenters. The number of hydrogen-bond donors (Lipinski definition) is 2. The number of hydrogen-bond acceptors (Lipinski definition) is 5. The molecule has 0 bridgehead atoms. The van der Waals surface area contributed by atoms with Gasteiger partial charge in [-0.05, 0) is 11.5 Å². The molecule has 2 fully saturated rings. The summed E-state index contributed by atoms with van der Waals surface area (Å²) in [7, 11) is 3.23. The Morgan fingerprint density at radius 2 is 1.96 bits per heavy atom. The van der Waals surface area contributed by atoms with Crippen molar-refractivity contribution in [1.82, 2.24) is 20.4 Å². The average molecular weight is 391 g/mol. The van der Waals surface area contributed by atoms with Crippen LogP contribution in [0.5, 0.6) is 0 Å². The van der Waals surface area contributed by atoms with Crippen molar-refractivity contribution >= 4 is 29.6 Å². The van der Waals surface area contributed by atoms with E-state index in [9.17, 15) is 14.4 Å². The van der Waals surface area contributed by atoms with Gasteiger partial charge in [0, 0.05) is 32.4 Å². The molecule has 2 N–H and O–H groups in total. The number of fused-ring (bicyclic) bond motifs is 1. The van der Waals surface area contributed by atoms with Gasteiger partial charge in [0.1, 0.15) is 0 Å². The maximum absolute atomic E-state index is 12.8. The van der Waals surface area contributed by atoms with Crippen LogP contribution in [-0.4, -0.2) is 65.5 Å². The van der Waals surface area contributed by atoms with Gasteiger partial charge in [-0.25, -0.2) is 4.79 Å². The van der Waals surface area contributed by atoms with Crippen LogP contribution in [0.25, 0.3) is 0 Å². The highest BCUT2D eigenvalue weighted by Gasteiger charge is 2.50. The number of thioether (sulfide) groups is 1. The van der Waals surface area contributed by atoms with Crippen molar-refractivity contribution in [2.45, 2.75) is 24.9 Å². The van der Waals surface area contributed by atoms with E-state index in [0.29, 0.717) is 18.8 Å². The SMILES string of the molecule is CC1CNC2C(C(=O)N(C)C(=O)N2C)C1SCC(=O)NCc1ccccc1. The van der Waals surface area contributed by atoms with Crippen molar-refractivity contribution in [1.29, 1.82) is 0 Å². The van der Waals surface area contributed by atoms with Gasteiger partial charge in [-0.2, -0.15) is 0 Å². The first-order valence-corrected chi connectivity index (χ1v) is 10.1. The highest BCUT2D eigenvalue weighted by molar-refractivity contribution is 8.00. The molecule has 2 saturated heterocycles. The molecular weight excluding hydrogens is 364 g/mol. The molecule has 0 aliphatic carbocycles. The molecule has 4 unspecified atom stereocenters. The number of imide groups is 1. The summed E-state index contributed by atoms with van der Waals surface area (Å²) < 4.78 is 0. The topological polar surface area (TPSA) is 81.8 Å². The third kappa shape index (κ3) is 4.11. The Balaban J connectivity index is 1.61. The fourth-order valence-corrected chi connectivity index (χ4v) is 5.04. The van der Waals surface area contributed by atoms with Crippen LogP contribution in [0.1, 0.15) is 12.5 Å². The molecule has 4 amide bonds. The van der Waals surface area contributed by atoms with Gasteiger partial charge in [-0.3, -0.25) is 19.8 Å². The van der Waals surface area contributed by atoms with E-state index in [1.54, 1.807) is 11.9 Å². The summed E-state index contributed by atoms with van der Waals surface area (Å²) in [6, 6.07) is 9.46. The first-order chi connectivity index (χ1) is 12.9. The number of nitrogens with zero attached hydrogens (tertiary/aromatic N) is 2. The second-order valence-electron chi connectivity index (χ2n) is 7.18. The van der Waals surface area contributed by atoms with Crippen LogP contribution in [0.3, 0.4) is 0 Å². The number of benzene rings is 1. The summed E-state index contributed by atoms with van der Waals surface area (Å²) in [6.45, 7) is 3.28. The van der Waals surface area contributed by atoms with Gasteiger partial charge >= 0.3 is 6.03 Å². The summed E-state index contributed by atoms with van der Waals surface area (Å²) in [6.07, 6.45) is -0.317. The zero-order valence-electron chi connectivity index (χ0n) is 15.8. The molecule has 1 aromatic carbocycles. The fraction of sp³-hybridized carbons (Fsp3) is 0.526. The van der Waals surface area contributed by atoms with E-state index >= 15 is 0 Å². The standard InChI is InChI=1S/C19H26N4O3S/c1-12-9-21-17-15(18(25)23(3)19(26)22(17)2)16(12)27-11-14(24)20-10-13-7-5-4-6-8-13/h4-8,12,15-17,21H,9-11H2,1-3H3,(H,20,24). The van der Waals surface area contributed by atoms with E-state index in [1.165, 1.54) is 23.7 Å². The number of urea groups is 1. The van der Waals surface area contributed by atoms with Gasteiger partial charge in [0.05, 0.1) is 17.8 Å². The van der Waals surface area contributed by atoms with E-state index in [4.69, 9.17) is 0 Å². The molecule has 2 aliphatic heterocycles. The van der Waals surface area contributed by atoms with Crippen LogP contribution < -0.4 is 10.6 Å². The summed E-state index contributed by atoms with van der Waals surface area (Å²) in [4.78, 5) is 40.0. The highest BCUT2D eigenvalue weighted by atomic mass is 32.2. The first kappa shape index (κ1) is 19.7. The van der Waals surface area contributed by atoms with Crippen molar-refractivity contribution in [2.75, 3.05) is 26.4 Å². The van der Waals surface area contributed by atoms with Crippen LogP contribution in [0.2, 0.25) is 0 Å². The molecule has 7 nitrogen and oxygen atoms in total. The molecule has 3 rings (SSSR count). The lowest BCUT2D eigenvalue weighted by Crippen LogP contribution is -2.69. The number of carbonyl (C=O) groups excluding carboxylic acids is 3. The van der Waals surface area contributed by atoms with Gasteiger partial charge < -0.3 is 10.2 Å². The number of rotatable bonds is 5. The van der Waals surface area contributed by atoms with E-state index in [1.807, 2.05) is 30.3 Å². The Morgan fingerprint density at radius 3 is 2.67 bits per heavy atom. The van der Waals surface area contributed by atoms with Gasteiger partial charge in [0.25, 0.3) is 0 Å². The molecule has 2 heterocycles. The Bertz CT molecular complexity index is 714. The maximum Gasteiger partial charge on any atom is 0.327 e.